The molecule has 1 aromatic carbocycles. The van der Waals surface area contributed by atoms with Gasteiger partial charge in [-0.05, 0) is 30.7 Å². The number of carboxylic acids is 1. The molecule has 2 N–H and O–H groups in total. The Morgan fingerprint density at radius 1 is 1.18 bits per heavy atom. The Bertz CT molecular complexity index is 985. The zero-order chi connectivity index (χ0) is 23.8. The van der Waals surface area contributed by atoms with Crippen molar-refractivity contribution in [3.8, 4) is 0 Å². The second-order valence-corrected chi connectivity index (χ2v) is 10.1. The van der Waals surface area contributed by atoms with Crippen LogP contribution < -0.4 is 74.9 Å². The van der Waals surface area contributed by atoms with Gasteiger partial charge in [-0.2, -0.15) is 0 Å². The fourth-order valence-electron chi connectivity index (χ4n) is 2.53. The molecule has 0 saturated heterocycles. The van der Waals surface area contributed by atoms with Gasteiger partial charge in [-0.15, -0.1) is 0 Å². The van der Waals surface area contributed by atoms with Crippen LogP contribution in [0.25, 0.3) is 0 Å². The van der Waals surface area contributed by atoms with E-state index in [4.69, 9.17) is 5.73 Å². The third-order valence-electron chi connectivity index (χ3n) is 3.82. The number of rotatable bonds is 7. The average molecular weight is 515 g/mol. The van der Waals surface area contributed by atoms with Crippen LogP contribution in [0.4, 0.5) is 5.82 Å². The van der Waals surface area contributed by atoms with Crippen LogP contribution >= 0.6 is 11.8 Å². The number of nitrogens with zero attached hydrogens (tertiary/aromatic N) is 3. The fraction of sp³-hybridized carbons (Fsp3) is 0.450. The summed E-state index contributed by atoms with van der Waals surface area (Å²) in [4.78, 5) is 21.3. The topological polar surface area (TPSA) is 152 Å². The van der Waals surface area contributed by atoms with Gasteiger partial charge in [-0.1, -0.05) is 50.2 Å². The fourth-order valence-corrected chi connectivity index (χ4v) is 3.34. The molecule has 1 aromatic heterocycles. The molecule has 2 aromatic rings. The number of carbonyl (C=O) groups excluding carboxylic acids is 1. The van der Waals surface area contributed by atoms with Crippen LogP contribution in [0.5, 0.6) is 0 Å². The molecule has 0 saturated carbocycles. The first-order valence-corrected chi connectivity index (χ1v) is 12.0. The smallest absolute Gasteiger partial charge is 0.744 e. The molecule has 9 nitrogen and oxygen atoms in total. The Morgan fingerprint density at radius 2 is 1.73 bits per heavy atom. The van der Waals surface area contributed by atoms with E-state index in [0.717, 1.165) is 5.56 Å². The van der Waals surface area contributed by atoms with Gasteiger partial charge in [0.15, 0.2) is 5.16 Å². The Labute approximate surface area is 244 Å². The molecule has 0 aliphatic heterocycles. The predicted molar refractivity (Wildman–Crippen MR) is 118 cm³/mol. The number of benzene rings is 1. The van der Waals surface area contributed by atoms with E-state index in [-0.39, 0.29) is 75.0 Å². The number of anilines is 1. The van der Waals surface area contributed by atoms with E-state index < -0.39 is 16.1 Å². The van der Waals surface area contributed by atoms with Crippen LogP contribution in [-0.4, -0.2) is 54.8 Å². The van der Waals surface area contributed by atoms with E-state index in [1.165, 1.54) is 30.1 Å². The molecule has 13 heteroatoms. The van der Waals surface area contributed by atoms with Crippen molar-refractivity contribution in [2.45, 2.75) is 37.7 Å². The molecular weight excluding hydrogens is 486 g/mol. The first-order chi connectivity index (χ1) is 14.3. The number of aromatic carboxylic acids is 1. The Kier molecular flexibility index (Phi) is 16.6. The van der Waals surface area contributed by atoms with Crippen molar-refractivity contribution in [3.63, 3.8) is 0 Å². The first kappa shape index (κ1) is 35.0. The van der Waals surface area contributed by atoms with Gasteiger partial charge in [0, 0.05) is 25.8 Å². The first-order valence-electron chi connectivity index (χ1n) is 9.38. The summed E-state index contributed by atoms with van der Waals surface area (Å²) in [5, 5.41) is 11.8. The second-order valence-electron chi connectivity index (χ2n) is 7.92. The summed E-state index contributed by atoms with van der Waals surface area (Å²) in [6, 6.07) is 5.78. The Morgan fingerprint density at radius 3 is 2.12 bits per heavy atom. The van der Waals surface area contributed by atoms with E-state index in [1.54, 1.807) is 12.1 Å². The SMILES string of the molecule is CSc1ncc(C(=O)[O-])c(N(CCN)CC(C)(C)C)n1.Cc1ccc(S(=O)(=O)[O-])cc1.[Na+].[Na+]. The van der Waals surface area contributed by atoms with Crippen LogP contribution in [0.2, 0.25) is 0 Å². The monoisotopic (exact) mass is 514 g/mol. The molecule has 0 fully saturated rings. The predicted octanol–water partition coefficient (Wildman–Crippen LogP) is -4.72. The molecular formula is C20H28N4Na2O5S2. The molecule has 172 valence electrons. The van der Waals surface area contributed by atoms with Crippen LogP contribution in [0.1, 0.15) is 36.7 Å². The normalized spacial score (nSPS) is 10.8. The number of aryl methyl sites for hydroxylation is 1. The maximum Gasteiger partial charge on any atom is 1.00 e. The zero-order valence-electron chi connectivity index (χ0n) is 20.3. The quantitative estimate of drug-likeness (QED) is 0.165. The second kappa shape index (κ2) is 15.7. The summed E-state index contributed by atoms with van der Waals surface area (Å²) < 4.78 is 31.2. The van der Waals surface area contributed by atoms with Crippen molar-refractivity contribution in [1.29, 1.82) is 0 Å². The number of hydrogen-bond acceptors (Lipinski definition) is 10. The molecule has 2 rings (SSSR count). The summed E-state index contributed by atoms with van der Waals surface area (Å²) >= 11 is 1.36. The van der Waals surface area contributed by atoms with E-state index in [1.807, 2.05) is 18.1 Å². The van der Waals surface area contributed by atoms with Crippen LogP contribution in [0.3, 0.4) is 0 Å². The van der Waals surface area contributed by atoms with Gasteiger partial charge in [0.1, 0.15) is 15.9 Å². The van der Waals surface area contributed by atoms with Gasteiger partial charge in [-0.25, -0.2) is 18.4 Å². The van der Waals surface area contributed by atoms with E-state index >= 15 is 0 Å². The van der Waals surface area contributed by atoms with Crippen LogP contribution in [0.15, 0.2) is 40.5 Å². The summed E-state index contributed by atoms with van der Waals surface area (Å²) in [6.45, 7) is 9.64. The van der Waals surface area contributed by atoms with Crippen molar-refractivity contribution in [2.75, 3.05) is 30.8 Å². The van der Waals surface area contributed by atoms with Crippen molar-refractivity contribution < 1.29 is 82.0 Å². The molecule has 0 atom stereocenters. The molecule has 0 aliphatic rings. The molecule has 0 bridgehead atoms. The van der Waals surface area contributed by atoms with Crippen molar-refractivity contribution in [3.05, 3.63) is 41.6 Å². The maximum atomic E-state index is 11.2. The van der Waals surface area contributed by atoms with E-state index in [2.05, 4.69) is 30.7 Å². The Balaban J connectivity index is 0. The van der Waals surface area contributed by atoms with Gasteiger partial charge in [0.25, 0.3) is 0 Å². The molecule has 0 spiro atoms. The largest absolute Gasteiger partial charge is 1.00 e. The molecule has 0 radical (unpaired) electrons. The summed E-state index contributed by atoms with van der Waals surface area (Å²) in [5.41, 5.74) is 6.55. The molecule has 0 amide bonds. The molecule has 0 unspecified atom stereocenters. The number of carboxylic acid groups (broad SMARTS) is 1. The summed E-state index contributed by atoms with van der Waals surface area (Å²) in [6.07, 6.45) is 3.14. The summed E-state index contributed by atoms with van der Waals surface area (Å²) in [7, 11) is -4.27. The van der Waals surface area contributed by atoms with Crippen molar-refractivity contribution >= 4 is 33.7 Å². The van der Waals surface area contributed by atoms with Crippen molar-refractivity contribution in [2.24, 2.45) is 11.1 Å². The van der Waals surface area contributed by atoms with E-state index in [0.29, 0.717) is 30.6 Å². The van der Waals surface area contributed by atoms with E-state index in [9.17, 15) is 22.9 Å². The minimum Gasteiger partial charge on any atom is -0.744 e. The number of nitrogens with two attached hydrogens (primary N) is 1. The van der Waals surface area contributed by atoms with Gasteiger partial charge >= 0.3 is 59.1 Å². The third-order valence-corrected chi connectivity index (χ3v) is 5.23. The number of thioether (sulfide) groups is 1. The third kappa shape index (κ3) is 12.9. The minimum absolute atomic E-state index is 0. The summed E-state index contributed by atoms with van der Waals surface area (Å²) in [5.74, 6) is -0.895. The Hall–Kier alpha value is -0.210. The van der Waals surface area contributed by atoms with Crippen LogP contribution in [-0.2, 0) is 10.1 Å². The standard InChI is InChI=1S/C13H22N4O2S.C7H8O3S.2Na/c1-13(2,3)8-17(6-5-14)10-9(11(18)19)7-15-12(16-10)20-4;1-6-2-4-7(5-3-6)11(8,9)10;;/h7H,5-6,8,14H2,1-4H3,(H,18,19);2-5H,1H3,(H,8,9,10);;/q;;2*+1/p-2. The average Bonchev–Trinajstić information content (AvgIpc) is 2.66. The maximum absolute atomic E-state index is 11.2. The van der Waals surface area contributed by atoms with Gasteiger partial charge < -0.3 is 25.1 Å². The molecule has 0 aliphatic carbocycles. The van der Waals surface area contributed by atoms with Gasteiger partial charge in [-0.3, -0.25) is 0 Å². The van der Waals surface area contributed by atoms with Crippen molar-refractivity contribution in [1.82, 2.24) is 9.97 Å². The van der Waals surface area contributed by atoms with Gasteiger partial charge in [0.05, 0.1) is 16.4 Å². The van der Waals surface area contributed by atoms with Gasteiger partial charge in [0.2, 0.25) is 0 Å². The zero-order valence-corrected chi connectivity index (χ0v) is 25.9. The molecule has 1 heterocycles. The number of hydrogen-bond donors (Lipinski definition) is 1. The number of aromatic nitrogens is 2. The van der Waals surface area contributed by atoms with Crippen LogP contribution in [0, 0.1) is 12.3 Å². The molecule has 33 heavy (non-hydrogen) atoms. The minimum atomic E-state index is -4.27. The number of carbonyl (C=O) groups is 1.